The molecule has 1 fully saturated rings. The number of hydrogen-bond acceptors (Lipinski definition) is 2. The van der Waals surface area contributed by atoms with Crippen LogP contribution in [0.1, 0.15) is 24.8 Å². The Morgan fingerprint density at radius 1 is 1.21 bits per heavy atom. The summed E-state index contributed by atoms with van der Waals surface area (Å²) in [5, 5.41) is 8.64. The maximum atomic E-state index is 11.8. The lowest BCUT2D eigenvalue weighted by atomic mass is 9.95. The highest BCUT2D eigenvalue weighted by atomic mass is 16.4. The number of likely N-dealkylation sites (tertiary alicyclic amines) is 1. The van der Waals surface area contributed by atoms with Crippen LogP contribution in [-0.2, 0) is 16.0 Å². The molecule has 1 aliphatic rings. The number of rotatable bonds is 6. The Labute approximate surface area is 113 Å². The average molecular weight is 261 g/mol. The molecule has 1 aromatic rings. The third kappa shape index (κ3) is 4.09. The Morgan fingerprint density at radius 3 is 2.53 bits per heavy atom. The van der Waals surface area contributed by atoms with Gasteiger partial charge in [0.25, 0.3) is 0 Å². The highest BCUT2D eigenvalue weighted by molar-refractivity contribution is 5.77. The topological polar surface area (TPSA) is 57.6 Å². The zero-order chi connectivity index (χ0) is 13.7. The molecule has 2 rings (SSSR count). The lowest BCUT2D eigenvalue weighted by Crippen LogP contribution is -2.50. The van der Waals surface area contributed by atoms with Crippen LogP contribution in [0.3, 0.4) is 0 Å². The third-order valence-electron chi connectivity index (χ3n) is 3.47. The van der Waals surface area contributed by atoms with Crippen LogP contribution in [0, 0.1) is 5.92 Å². The molecule has 0 atom stereocenters. The minimum absolute atomic E-state index is 0.149. The zero-order valence-electron chi connectivity index (χ0n) is 10.9. The summed E-state index contributed by atoms with van der Waals surface area (Å²) in [4.78, 5) is 24.1. The predicted molar refractivity (Wildman–Crippen MR) is 71.7 cm³/mol. The second-order valence-electron chi connectivity index (χ2n) is 5.10. The number of nitrogens with zero attached hydrogens (tertiary/aromatic N) is 1. The summed E-state index contributed by atoms with van der Waals surface area (Å²) in [6.07, 6.45) is 2.49. The van der Waals surface area contributed by atoms with Gasteiger partial charge in [-0.05, 0) is 18.4 Å². The van der Waals surface area contributed by atoms with E-state index in [4.69, 9.17) is 5.11 Å². The van der Waals surface area contributed by atoms with Gasteiger partial charge in [0.05, 0.1) is 6.42 Å². The minimum Gasteiger partial charge on any atom is -0.481 e. The number of carbonyl (C=O) groups is 2. The van der Waals surface area contributed by atoms with Gasteiger partial charge in [-0.3, -0.25) is 9.59 Å². The van der Waals surface area contributed by atoms with E-state index in [2.05, 4.69) is 12.1 Å². The summed E-state index contributed by atoms with van der Waals surface area (Å²) in [5.41, 5.74) is 1.25. The van der Waals surface area contributed by atoms with Crippen molar-refractivity contribution in [2.75, 3.05) is 13.1 Å². The van der Waals surface area contributed by atoms with Crippen molar-refractivity contribution in [2.24, 2.45) is 5.92 Å². The van der Waals surface area contributed by atoms with Crippen LogP contribution in [0.4, 0.5) is 0 Å². The molecule has 4 nitrogen and oxygen atoms in total. The van der Waals surface area contributed by atoms with Crippen LogP contribution in [-0.4, -0.2) is 35.0 Å². The summed E-state index contributed by atoms with van der Waals surface area (Å²) in [6, 6.07) is 10.1. The van der Waals surface area contributed by atoms with Gasteiger partial charge < -0.3 is 10.0 Å². The molecule has 19 heavy (non-hydrogen) atoms. The second-order valence-corrected chi connectivity index (χ2v) is 5.10. The van der Waals surface area contributed by atoms with Gasteiger partial charge in [0, 0.05) is 25.4 Å². The molecular formula is C15H19NO3. The molecule has 1 N–H and O–H groups in total. The van der Waals surface area contributed by atoms with E-state index in [0.29, 0.717) is 19.5 Å². The average Bonchev–Trinajstić information content (AvgIpc) is 2.34. The molecular weight excluding hydrogens is 242 g/mol. The molecule has 0 aliphatic carbocycles. The van der Waals surface area contributed by atoms with Crippen LogP contribution in [0.25, 0.3) is 0 Å². The van der Waals surface area contributed by atoms with E-state index in [-0.39, 0.29) is 18.2 Å². The molecule has 0 radical (unpaired) electrons. The normalized spacial score (nSPS) is 15.1. The maximum Gasteiger partial charge on any atom is 0.303 e. The molecule has 1 amide bonds. The Kier molecular flexibility index (Phi) is 4.55. The van der Waals surface area contributed by atoms with Crippen molar-refractivity contribution in [3.8, 4) is 0 Å². The Bertz CT molecular complexity index is 438. The number of hydrogen-bond donors (Lipinski definition) is 1. The molecule has 1 heterocycles. The van der Waals surface area contributed by atoms with E-state index >= 15 is 0 Å². The zero-order valence-corrected chi connectivity index (χ0v) is 10.9. The minimum atomic E-state index is -0.777. The van der Waals surface area contributed by atoms with Crippen LogP contribution < -0.4 is 0 Å². The van der Waals surface area contributed by atoms with Crippen LogP contribution in [0.5, 0.6) is 0 Å². The molecule has 0 aromatic heterocycles. The van der Waals surface area contributed by atoms with E-state index in [1.165, 1.54) is 5.56 Å². The van der Waals surface area contributed by atoms with E-state index < -0.39 is 5.97 Å². The molecule has 1 aromatic carbocycles. The highest BCUT2D eigenvalue weighted by Gasteiger charge is 2.31. The van der Waals surface area contributed by atoms with Crippen molar-refractivity contribution < 1.29 is 14.7 Å². The quantitative estimate of drug-likeness (QED) is 0.851. The number of carbonyl (C=O) groups excluding carboxylic acids is 1. The van der Waals surface area contributed by atoms with E-state index in [9.17, 15) is 9.59 Å². The van der Waals surface area contributed by atoms with E-state index in [0.717, 1.165) is 12.8 Å². The SMILES string of the molecule is O=C(O)CC1CN(C(=O)CCCc2ccccc2)C1. The molecule has 0 unspecified atom stereocenters. The number of benzene rings is 1. The monoisotopic (exact) mass is 261 g/mol. The summed E-state index contributed by atoms with van der Waals surface area (Å²) >= 11 is 0. The Balaban J connectivity index is 1.62. The summed E-state index contributed by atoms with van der Waals surface area (Å²) in [5.74, 6) is -0.477. The summed E-state index contributed by atoms with van der Waals surface area (Å²) in [6.45, 7) is 1.22. The predicted octanol–water partition coefficient (Wildman–Crippen LogP) is 1.94. The standard InChI is InChI=1S/C15H19NO3/c17-14(16-10-13(11-16)9-15(18)19)8-4-7-12-5-2-1-3-6-12/h1-3,5-6,13H,4,7-11H2,(H,18,19). The van der Waals surface area contributed by atoms with Gasteiger partial charge in [-0.15, -0.1) is 0 Å². The van der Waals surface area contributed by atoms with Gasteiger partial charge in [-0.1, -0.05) is 30.3 Å². The van der Waals surface area contributed by atoms with Gasteiger partial charge in [0.1, 0.15) is 0 Å². The van der Waals surface area contributed by atoms with Gasteiger partial charge in [-0.2, -0.15) is 0 Å². The van der Waals surface area contributed by atoms with Gasteiger partial charge in [0.15, 0.2) is 0 Å². The van der Waals surface area contributed by atoms with Crippen molar-refractivity contribution >= 4 is 11.9 Å². The Morgan fingerprint density at radius 2 is 1.89 bits per heavy atom. The molecule has 0 saturated carbocycles. The van der Waals surface area contributed by atoms with Crippen LogP contribution in [0.2, 0.25) is 0 Å². The molecule has 1 saturated heterocycles. The first-order valence-electron chi connectivity index (χ1n) is 6.68. The van der Waals surface area contributed by atoms with Crippen molar-refractivity contribution in [1.82, 2.24) is 4.90 Å². The lowest BCUT2D eigenvalue weighted by Gasteiger charge is -2.38. The summed E-state index contributed by atoms with van der Waals surface area (Å²) < 4.78 is 0. The van der Waals surface area contributed by atoms with Crippen LogP contribution >= 0.6 is 0 Å². The fourth-order valence-electron chi connectivity index (χ4n) is 2.40. The number of amides is 1. The first kappa shape index (κ1) is 13.6. The Hall–Kier alpha value is -1.84. The van der Waals surface area contributed by atoms with Crippen molar-refractivity contribution in [1.29, 1.82) is 0 Å². The van der Waals surface area contributed by atoms with E-state index in [1.54, 1.807) is 4.90 Å². The molecule has 0 bridgehead atoms. The fourth-order valence-corrected chi connectivity index (χ4v) is 2.40. The smallest absolute Gasteiger partial charge is 0.303 e. The third-order valence-corrected chi connectivity index (χ3v) is 3.47. The molecule has 0 spiro atoms. The lowest BCUT2D eigenvalue weighted by molar-refractivity contribution is -0.145. The number of carboxylic acid groups (broad SMARTS) is 1. The van der Waals surface area contributed by atoms with Gasteiger partial charge in [-0.25, -0.2) is 0 Å². The van der Waals surface area contributed by atoms with E-state index in [1.807, 2.05) is 18.2 Å². The van der Waals surface area contributed by atoms with Crippen molar-refractivity contribution in [3.63, 3.8) is 0 Å². The first-order chi connectivity index (χ1) is 9.15. The molecule has 1 aliphatic heterocycles. The van der Waals surface area contributed by atoms with Gasteiger partial charge in [0.2, 0.25) is 5.91 Å². The van der Waals surface area contributed by atoms with Crippen molar-refractivity contribution in [2.45, 2.75) is 25.7 Å². The maximum absolute atomic E-state index is 11.8. The second kappa shape index (κ2) is 6.36. The number of aliphatic carboxylic acids is 1. The first-order valence-corrected chi connectivity index (χ1v) is 6.68. The van der Waals surface area contributed by atoms with Crippen LogP contribution in [0.15, 0.2) is 30.3 Å². The fraction of sp³-hybridized carbons (Fsp3) is 0.467. The number of carboxylic acids is 1. The van der Waals surface area contributed by atoms with Gasteiger partial charge >= 0.3 is 5.97 Å². The number of aryl methyl sites for hydroxylation is 1. The highest BCUT2D eigenvalue weighted by Crippen LogP contribution is 2.20. The largest absolute Gasteiger partial charge is 0.481 e. The summed E-state index contributed by atoms with van der Waals surface area (Å²) in [7, 11) is 0. The molecule has 4 heteroatoms. The van der Waals surface area contributed by atoms with Crippen molar-refractivity contribution in [3.05, 3.63) is 35.9 Å². The molecule has 102 valence electrons.